The number of hydrogen-bond acceptors (Lipinski definition) is 2. The molecule has 5 rings (SSSR count). The Bertz CT molecular complexity index is 1080. The van der Waals surface area contributed by atoms with Crippen molar-refractivity contribution >= 4 is 22.6 Å². The van der Waals surface area contributed by atoms with Gasteiger partial charge in [0.1, 0.15) is 0 Å². The zero-order chi connectivity index (χ0) is 18.0. The Balaban J connectivity index is 1.90. The molecule has 2 atom stereocenters. The van der Waals surface area contributed by atoms with Crippen LogP contribution in [0.3, 0.4) is 0 Å². The summed E-state index contributed by atoms with van der Waals surface area (Å²) in [6.45, 7) is 1.01. The number of aryl methyl sites for hydroxylation is 2. The lowest BCUT2D eigenvalue weighted by molar-refractivity contribution is 0.214. The molecule has 1 aromatic heterocycles. The number of imidazole rings is 1. The van der Waals surface area contributed by atoms with Crippen LogP contribution in [0.25, 0.3) is 11.0 Å². The van der Waals surface area contributed by atoms with E-state index in [2.05, 4.69) is 47.3 Å². The zero-order valence-electron chi connectivity index (χ0n) is 15.1. The fourth-order valence-electron chi connectivity index (χ4n) is 5.04. The summed E-state index contributed by atoms with van der Waals surface area (Å²) < 4.78 is 1.74. The van der Waals surface area contributed by atoms with Crippen molar-refractivity contribution in [3.05, 3.63) is 68.1 Å². The van der Waals surface area contributed by atoms with Gasteiger partial charge in [-0.1, -0.05) is 35.9 Å². The first kappa shape index (κ1) is 16.2. The van der Waals surface area contributed by atoms with Crippen LogP contribution in [0.2, 0.25) is 5.02 Å². The molecule has 1 N–H and O–H groups in total. The third-order valence-electron chi connectivity index (χ3n) is 6.35. The molecule has 0 saturated heterocycles. The normalized spacial score (nSPS) is 22.6. The van der Waals surface area contributed by atoms with Crippen LogP contribution in [-0.2, 0) is 19.9 Å². The molecule has 0 radical (unpaired) electrons. The molecule has 3 aromatic rings. The van der Waals surface area contributed by atoms with E-state index in [-0.39, 0.29) is 11.6 Å². The Hall–Kier alpha value is -2.04. The van der Waals surface area contributed by atoms with E-state index in [1.54, 1.807) is 4.57 Å². The molecular formula is C21H22ClN3O. The van der Waals surface area contributed by atoms with Gasteiger partial charge in [-0.05, 0) is 54.6 Å². The third-order valence-corrected chi connectivity index (χ3v) is 6.64. The molecule has 0 fully saturated rings. The number of aromatic nitrogens is 2. The standard InChI is InChI=1S/C21H22ClN3O/c1-24-10-9-13-11-15(22)19-20(25(2)21(26)23-19)17(13)18-14-6-4-3-5-12(14)7-8-16(18)24/h3-6,11,16,18H,7-10H2,1-2H3,(H,23,26)/t16-,18-/m0/s1. The van der Waals surface area contributed by atoms with E-state index in [1.807, 2.05) is 7.05 Å². The van der Waals surface area contributed by atoms with Crippen LogP contribution < -0.4 is 5.69 Å². The van der Waals surface area contributed by atoms with E-state index in [4.69, 9.17) is 11.6 Å². The first-order valence-electron chi connectivity index (χ1n) is 9.24. The second-order valence-electron chi connectivity index (χ2n) is 7.66. The largest absolute Gasteiger partial charge is 0.326 e. The number of likely N-dealkylation sites (N-methyl/N-ethyl adjacent to an activating group) is 1. The Morgan fingerprint density at radius 2 is 1.96 bits per heavy atom. The average molecular weight is 368 g/mol. The number of H-pyrrole nitrogens is 1. The molecule has 1 aliphatic heterocycles. The smallest absolute Gasteiger partial charge is 0.304 e. The van der Waals surface area contributed by atoms with Gasteiger partial charge in [-0.25, -0.2) is 4.79 Å². The molecule has 0 unspecified atom stereocenters. The Labute approximate surface area is 157 Å². The molecule has 0 saturated carbocycles. The zero-order valence-corrected chi connectivity index (χ0v) is 15.8. The summed E-state index contributed by atoms with van der Waals surface area (Å²) in [7, 11) is 4.07. The lowest BCUT2D eigenvalue weighted by Gasteiger charge is -2.38. The summed E-state index contributed by atoms with van der Waals surface area (Å²) in [5, 5.41) is 0.640. The fourth-order valence-corrected chi connectivity index (χ4v) is 5.31. The van der Waals surface area contributed by atoms with Crippen LogP contribution in [-0.4, -0.2) is 34.1 Å². The van der Waals surface area contributed by atoms with Crippen molar-refractivity contribution in [3.8, 4) is 0 Å². The molecule has 0 amide bonds. The van der Waals surface area contributed by atoms with Gasteiger partial charge < -0.3 is 9.88 Å². The second kappa shape index (κ2) is 5.73. The van der Waals surface area contributed by atoms with Crippen molar-refractivity contribution in [2.24, 2.45) is 7.05 Å². The van der Waals surface area contributed by atoms with Crippen molar-refractivity contribution in [3.63, 3.8) is 0 Å². The topological polar surface area (TPSA) is 41.0 Å². The van der Waals surface area contributed by atoms with E-state index in [0.29, 0.717) is 11.1 Å². The Morgan fingerprint density at radius 1 is 1.15 bits per heavy atom. The monoisotopic (exact) mass is 367 g/mol. The van der Waals surface area contributed by atoms with Gasteiger partial charge in [0.15, 0.2) is 0 Å². The SMILES string of the molecule is CN1CCc2cc(Cl)c3[nH]c(=O)n(C)c3c2[C@H]2c3ccccc3CC[C@@H]21. The highest BCUT2D eigenvalue weighted by Crippen LogP contribution is 2.45. The number of benzene rings is 2. The number of hydrogen-bond donors (Lipinski definition) is 1. The fraction of sp³-hybridized carbons (Fsp3) is 0.381. The minimum Gasteiger partial charge on any atom is -0.304 e. The summed E-state index contributed by atoms with van der Waals surface area (Å²) in [4.78, 5) is 17.8. The summed E-state index contributed by atoms with van der Waals surface area (Å²) in [6, 6.07) is 11.3. The number of rotatable bonds is 0. The van der Waals surface area contributed by atoms with Crippen molar-refractivity contribution in [1.82, 2.24) is 14.5 Å². The maximum atomic E-state index is 12.4. The lowest BCUT2D eigenvalue weighted by Crippen LogP contribution is -2.39. The van der Waals surface area contributed by atoms with Gasteiger partial charge in [0.25, 0.3) is 0 Å². The minimum absolute atomic E-state index is 0.103. The molecule has 26 heavy (non-hydrogen) atoms. The molecule has 1 aliphatic carbocycles. The van der Waals surface area contributed by atoms with Crippen molar-refractivity contribution in [1.29, 1.82) is 0 Å². The molecule has 0 spiro atoms. The lowest BCUT2D eigenvalue weighted by atomic mass is 9.74. The number of halogens is 1. The van der Waals surface area contributed by atoms with E-state index < -0.39 is 0 Å². The predicted octanol–water partition coefficient (Wildman–Crippen LogP) is 3.45. The van der Waals surface area contributed by atoms with Crippen molar-refractivity contribution in [2.45, 2.75) is 31.2 Å². The van der Waals surface area contributed by atoms with Crippen LogP contribution in [0.4, 0.5) is 0 Å². The van der Waals surface area contributed by atoms with Crippen LogP contribution in [0.15, 0.2) is 35.1 Å². The third kappa shape index (κ3) is 2.15. The Morgan fingerprint density at radius 3 is 2.81 bits per heavy atom. The summed E-state index contributed by atoms with van der Waals surface area (Å²) in [5.74, 6) is 0.267. The van der Waals surface area contributed by atoms with Crippen molar-refractivity contribution in [2.75, 3.05) is 13.6 Å². The van der Waals surface area contributed by atoms with Crippen LogP contribution >= 0.6 is 11.6 Å². The van der Waals surface area contributed by atoms with Crippen molar-refractivity contribution < 1.29 is 0 Å². The van der Waals surface area contributed by atoms with Gasteiger partial charge in [0.05, 0.1) is 16.1 Å². The predicted molar refractivity (Wildman–Crippen MR) is 105 cm³/mol. The molecule has 134 valence electrons. The number of nitrogens with zero attached hydrogens (tertiary/aromatic N) is 2. The molecule has 4 nitrogen and oxygen atoms in total. The molecule has 0 bridgehead atoms. The van der Waals surface area contributed by atoms with Gasteiger partial charge in [0, 0.05) is 25.6 Å². The number of aromatic amines is 1. The van der Waals surface area contributed by atoms with E-state index in [1.165, 1.54) is 22.3 Å². The summed E-state index contributed by atoms with van der Waals surface area (Å²) in [6.07, 6.45) is 3.20. The van der Waals surface area contributed by atoms with Gasteiger partial charge >= 0.3 is 5.69 Å². The molecular weight excluding hydrogens is 346 g/mol. The van der Waals surface area contributed by atoms with E-state index >= 15 is 0 Å². The highest BCUT2D eigenvalue weighted by atomic mass is 35.5. The molecule has 2 heterocycles. The van der Waals surface area contributed by atoms with Gasteiger partial charge in [-0.3, -0.25) is 4.57 Å². The first-order chi connectivity index (χ1) is 12.6. The maximum absolute atomic E-state index is 12.4. The number of fused-ring (bicyclic) bond motifs is 7. The summed E-state index contributed by atoms with van der Waals surface area (Å²) >= 11 is 6.55. The van der Waals surface area contributed by atoms with Crippen LogP contribution in [0.1, 0.15) is 34.6 Å². The van der Waals surface area contributed by atoms with Crippen LogP contribution in [0, 0.1) is 0 Å². The minimum atomic E-state index is -0.103. The second-order valence-corrected chi connectivity index (χ2v) is 8.06. The summed E-state index contributed by atoms with van der Waals surface area (Å²) in [5.41, 5.74) is 7.02. The highest BCUT2D eigenvalue weighted by Gasteiger charge is 2.38. The maximum Gasteiger partial charge on any atom is 0.326 e. The Kier molecular flexibility index (Phi) is 3.56. The van der Waals surface area contributed by atoms with Gasteiger partial charge in [-0.2, -0.15) is 0 Å². The molecule has 2 aromatic carbocycles. The van der Waals surface area contributed by atoms with E-state index in [0.717, 1.165) is 36.8 Å². The van der Waals surface area contributed by atoms with Gasteiger partial charge in [-0.15, -0.1) is 0 Å². The number of nitrogens with one attached hydrogen (secondary N) is 1. The molecule has 2 aliphatic rings. The average Bonchev–Trinajstić information content (AvgIpc) is 2.86. The quantitative estimate of drug-likeness (QED) is 0.661. The van der Waals surface area contributed by atoms with Gasteiger partial charge in [0.2, 0.25) is 0 Å². The first-order valence-corrected chi connectivity index (χ1v) is 9.62. The van der Waals surface area contributed by atoms with Crippen LogP contribution in [0.5, 0.6) is 0 Å². The molecule has 5 heteroatoms. The van der Waals surface area contributed by atoms with E-state index in [9.17, 15) is 4.79 Å². The highest BCUT2D eigenvalue weighted by molar-refractivity contribution is 6.35.